The van der Waals surface area contributed by atoms with Crippen LogP contribution in [-0.4, -0.2) is 76.0 Å². The fraction of sp³-hybridized carbons (Fsp3) is 0.435. The van der Waals surface area contributed by atoms with Gasteiger partial charge in [0.2, 0.25) is 0 Å². The molecular weight excluding hydrogens is 741 g/mol. The van der Waals surface area contributed by atoms with Gasteiger partial charge in [-0.15, -0.1) is 0 Å². The van der Waals surface area contributed by atoms with E-state index < -0.39 is 30.0 Å². The molecule has 2 aliphatic heterocycles. The first-order valence-corrected chi connectivity index (χ1v) is 22.5. The molecule has 2 fully saturated rings. The molecule has 0 saturated carbocycles. The Morgan fingerprint density at radius 2 is 0.839 bits per heavy atom. The van der Waals surface area contributed by atoms with E-state index in [0.717, 1.165) is 12.1 Å². The SMILES string of the molecule is Cc1cccc2c1CC(C)(C)C2=C1CCN(C)CC1.Cc1cccc2c1CC(C)(C)C2=C1CCN(C)CC1.O=S(=O)(O)c1cccc2c(S(=O)(=O)O)cccc12. The predicted molar refractivity (Wildman–Crippen MR) is 228 cm³/mol. The summed E-state index contributed by atoms with van der Waals surface area (Å²) in [4.78, 5) is 4.07. The highest BCUT2D eigenvalue weighted by Crippen LogP contribution is 2.51. The number of nitrogens with zero attached hydrogens (tertiary/aromatic N) is 2. The zero-order chi connectivity index (χ0) is 40.8. The Morgan fingerprint density at radius 1 is 0.518 bits per heavy atom. The molecule has 0 spiro atoms. The first-order valence-electron chi connectivity index (χ1n) is 19.7. The number of benzene rings is 4. The molecule has 8 rings (SSSR count). The second kappa shape index (κ2) is 16.0. The van der Waals surface area contributed by atoms with Crippen LogP contribution in [0, 0.1) is 24.7 Å². The quantitative estimate of drug-likeness (QED) is 0.193. The summed E-state index contributed by atoms with van der Waals surface area (Å²) < 4.78 is 62.7. The highest BCUT2D eigenvalue weighted by atomic mass is 32.2. The number of fused-ring (bicyclic) bond motifs is 3. The van der Waals surface area contributed by atoms with Gasteiger partial charge in [0.1, 0.15) is 9.79 Å². The first-order chi connectivity index (χ1) is 26.2. The van der Waals surface area contributed by atoms with Crippen LogP contribution >= 0.6 is 0 Å². The lowest BCUT2D eigenvalue weighted by Gasteiger charge is -2.30. The van der Waals surface area contributed by atoms with E-state index in [1.165, 1.54) is 100 Å². The average Bonchev–Trinajstić information content (AvgIpc) is 3.57. The topological polar surface area (TPSA) is 115 Å². The summed E-state index contributed by atoms with van der Waals surface area (Å²) >= 11 is 0. The molecular formula is C46H58N2O6S2. The molecule has 0 aromatic heterocycles. The fourth-order valence-corrected chi connectivity index (χ4v) is 10.9. The van der Waals surface area contributed by atoms with Gasteiger partial charge in [-0.1, -0.05) is 99.5 Å². The molecule has 0 atom stereocenters. The molecule has 0 radical (unpaired) electrons. The normalized spacial score (nSPS) is 19.5. The standard InChI is InChI=1S/2C18H25N.C10H8O6S2/c2*1-13-6-5-7-15-16(13)12-18(2,3)17(15)14-8-10-19(4)11-9-14;11-17(12,13)9-5-1-3-7-8(9)4-2-6-10(7)18(14,15)16/h2*5-7H,8-12H2,1-4H3;1-6H,(H,11,12,13)(H,14,15,16). The first kappa shape index (κ1) is 42.0. The van der Waals surface area contributed by atoms with Crippen LogP contribution in [0.1, 0.15) is 86.8 Å². The number of hydrogen-bond acceptors (Lipinski definition) is 6. The molecule has 300 valence electrons. The largest absolute Gasteiger partial charge is 0.306 e. The van der Waals surface area contributed by atoms with Gasteiger partial charge in [-0.05, 0) is 134 Å². The van der Waals surface area contributed by atoms with Gasteiger partial charge in [0.05, 0.1) is 0 Å². The van der Waals surface area contributed by atoms with Crippen molar-refractivity contribution in [3.05, 3.63) is 117 Å². The smallest absolute Gasteiger partial charge is 0.295 e. The minimum absolute atomic E-state index is 0.0233. The van der Waals surface area contributed by atoms with Crippen molar-refractivity contribution in [1.82, 2.24) is 9.80 Å². The number of rotatable bonds is 2. The van der Waals surface area contributed by atoms with E-state index in [1.807, 2.05) is 0 Å². The predicted octanol–water partition coefficient (Wildman–Crippen LogP) is 9.45. The maximum absolute atomic E-state index is 11.2. The molecule has 4 aliphatic rings. The molecule has 0 bridgehead atoms. The third kappa shape index (κ3) is 8.76. The van der Waals surface area contributed by atoms with E-state index in [9.17, 15) is 16.8 Å². The maximum atomic E-state index is 11.2. The Bertz CT molecular complexity index is 2250. The van der Waals surface area contributed by atoms with Crippen molar-refractivity contribution in [1.29, 1.82) is 0 Å². The van der Waals surface area contributed by atoms with Crippen LogP contribution in [0.5, 0.6) is 0 Å². The number of allylic oxidation sites excluding steroid dienone is 2. The van der Waals surface area contributed by atoms with Crippen LogP contribution in [0.4, 0.5) is 0 Å². The molecule has 2 heterocycles. The lowest BCUT2D eigenvalue weighted by Crippen LogP contribution is -2.27. The average molecular weight is 799 g/mol. The molecule has 2 saturated heterocycles. The second-order valence-electron chi connectivity index (χ2n) is 17.4. The van der Waals surface area contributed by atoms with Crippen molar-refractivity contribution >= 4 is 42.2 Å². The van der Waals surface area contributed by atoms with Gasteiger partial charge < -0.3 is 9.80 Å². The molecule has 0 amide bonds. The number of hydrogen-bond donors (Lipinski definition) is 2. The summed E-state index contributed by atoms with van der Waals surface area (Å²) in [6, 6.07) is 21.2. The van der Waals surface area contributed by atoms with Crippen molar-refractivity contribution in [3.8, 4) is 0 Å². The summed E-state index contributed by atoms with van der Waals surface area (Å²) in [6.07, 6.45) is 7.43. The van der Waals surface area contributed by atoms with Gasteiger partial charge in [-0.3, -0.25) is 9.11 Å². The second-order valence-corrected chi connectivity index (χ2v) is 20.2. The van der Waals surface area contributed by atoms with Crippen molar-refractivity contribution < 1.29 is 25.9 Å². The molecule has 2 N–H and O–H groups in total. The third-order valence-corrected chi connectivity index (χ3v) is 14.1. The maximum Gasteiger partial charge on any atom is 0.295 e. The van der Waals surface area contributed by atoms with E-state index in [-0.39, 0.29) is 10.8 Å². The van der Waals surface area contributed by atoms with Gasteiger partial charge in [-0.2, -0.15) is 16.8 Å². The third-order valence-electron chi connectivity index (χ3n) is 12.2. The molecule has 8 nitrogen and oxygen atoms in total. The minimum atomic E-state index is -4.47. The zero-order valence-electron chi connectivity index (χ0n) is 34.2. The molecule has 0 unspecified atom stereocenters. The van der Waals surface area contributed by atoms with Crippen LogP contribution in [-0.2, 0) is 33.1 Å². The molecule has 10 heteroatoms. The number of likely N-dealkylation sites (tertiary alicyclic amines) is 2. The fourth-order valence-electron chi connectivity index (χ4n) is 9.45. The van der Waals surface area contributed by atoms with Crippen molar-refractivity contribution in [2.24, 2.45) is 10.8 Å². The highest BCUT2D eigenvalue weighted by molar-refractivity contribution is 7.86. The van der Waals surface area contributed by atoms with E-state index in [1.54, 1.807) is 44.5 Å². The minimum Gasteiger partial charge on any atom is -0.306 e. The summed E-state index contributed by atoms with van der Waals surface area (Å²) in [6.45, 7) is 19.1. The summed E-state index contributed by atoms with van der Waals surface area (Å²) in [7, 11) is -4.47. The number of aryl methyl sites for hydroxylation is 2. The Morgan fingerprint density at radius 3 is 1.16 bits per heavy atom. The Hall–Kier alpha value is -3.64. The van der Waals surface area contributed by atoms with E-state index in [0.29, 0.717) is 10.8 Å². The highest BCUT2D eigenvalue weighted by Gasteiger charge is 2.38. The summed E-state index contributed by atoms with van der Waals surface area (Å²) in [5.41, 5.74) is 16.6. The Labute approximate surface area is 334 Å². The monoisotopic (exact) mass is 798 g/mol. The zero-order valence-corrected chi connectivity index (χ0v) is 35.9. The van der Waals surface area contributed by atoms with Crippen LogP contribution in [0.25, 0.3) is 21.9 Å². The van der Waals surface area contributed by atoms with Gasteiger partial charge >= 0.3 is 0 Å². The number of piperidine rings is 2. The van der Waals surface area contributed by atoms with Gasteiger partial charge in [0.15, 0.2) is 0 Å². The Kier molecular flexibility index (Phi) is 12.0. The molecule has 2 aliphatic carbocycles. The van der Waals surface area contributed by atoms with Gasteiger partial charge in [0, 0.05) is 37.0 Å². The molecule has 4 aromatic rings. The van der Waals surface area contributed by atoms with Crippen molar-refractivity contribution in [3.63, 3.8) is 0 Å². The van der Waals surface area contributed by atoms with Crippen molar-refractivity contribution in [2.45, 2.75) is 89.9 Å². The van der Waals surface area contributed by atoms with Gasteiger partial charge in [0.25, 0.3) is 20.2 Å². The van der Waals surface area contributed by atoms with Crippen LogP contribution in [0.15, 0.2) is 93.7 Å². The van der Waals surface area contributed by atoms with E-state index in [4.69, 9.17) is 9.11 Å². The lowest BCUT2D eigenvalue weighted by atomic mass is 9.80. The molecule has 56 heavy (non-hydrogen) atoms. The van der Waals surface area contributed by atoms with Crippen molar-refractivity contribution in [2.75, 3.05) is 40.3 Å². The van der Waals surface area contributed by atoms with E-state index in [2.05, 4.69) is 102 Å². The van der Waals surface area contributed by atoms with Crippen LogP contribution in [0.3, 0.4) is 0 Å². The summed E-state index contributed by atoms with van der Waals surface area (Å²) in [5.74, 6) is 0. The van der Waals surface area contributed by atoms with E-state index >= 15 is 0 Å². The van der Waals surface area contributed by atoms with Gasteiger partial charge in [-0.25, -0.2) is 0 Å². The van der Waals surface area contributed by atoms with Crippen LogP contribution < -0.4 is 0 Å². The Balaban J connectivity index is 0.000000142. The molecule has 4 aromatic carbocycles. The summed E-state index contributed by atoms with van der Waals surface area (Å²) in [5, 5.41) is 0.0465. The lowest BCUT2D eigenvalue weighted by molar-refractivity contribution is 0.311. The van der Waals surface area contributed by atoms with Crippen LogP contribution in [0.2, 0.25) is 0 Å².